The Hall–Kier alpha value is -1.37. The van der Waals surface area contributed by atoms with Crippen LogP contribution in [0.1, 0.15) is 44.9 Å². The van der Waals surface area contributed by atoms with Crippen molar-refractivity contribution < 1.29 is 18.7 Å². The van der Waals surface area contributed by atoms with Crippen LogP contribution in [0.25, 0.3) is 0 Å². The van der Waals surface area contributed by atoms with E-state index in [-0.39, 0.29) is 36.4 Å². The molecule has 0 spiro atoms. The average molecular weight is 413 g/mol. The minimum Gasteiger partial charge on any atom is -0.489 e. The highest BCUT2D eigenvalue weighted by Crippen LogP contribution is 2.42. The van der Waals surface area contributed by atoms with Crippen molar-refractivity contribution >= 4 is 24.0 Å². The second kappa shape index (κ2) is 9.42. The van der Waals surface area contributed by atoms with Gasteiger partial charge in [-0.3, -0.25) is 4.79 Å². The molecule has 3 N–H and O–H groups in total. The second-order valence-corrected chi connectivity index (χ2v) is 8.27. The summed E-state index contributed by atoms with van der Waals surface area (Å²) in [5, 5.41) is 2.92. The van der Waals surface area contributed by atoms with Crippen LogP contribution in [-0.4, -0.2) is 31.3 Å². The summed E-state index contributed by atoms with van der Waals surface area (Å²) in [5.74, 6) is 0.845. The molecule has 3 aliphatic rings. The van der Waals surface area contributed by atoms with E-state index in [0.717, 1.165) is 45.1 Å². The van der Waals surface area contributed by atoms with Crippen LogP contribution in [0.15, 0.2) is 18.2 Å². The van der Waals surface area contributed by atoms with E-state index in [0.29, 0.717) is 29.9 Å². The molecule has 4 rings (SSSR count). The molecule has 7 heteroatoms. The molecular formula is C21H30ClFN2O3. The minimum atomic E-state index is -0.391. The maximum Gasteiger partial charge on any atom is 0.227 e. The highest BCUT2D eigenvalue weighted by Gasteiger charge is 2.40. The van der Waals surface area contributed by atoms with E-state index < -0.39 is 5.82 Å². The molecule has 156 valence electrons. The van der Waals surface area contributed by atoms with E-state index in [9.17, 15) is 9.18 Å². The number of fused-ring (bicyclic) bond motifs is 2. The van der Waals surface area contributed by atoms with Crippen molar-refractivity contribution in [2.24, 2.45) is 23.5 Å². The molecular weight excluding hydrogens is 383 g/mol. The molecule has 28 heavy (non-hydrogen) atoms. The van der Waals surface area contributed by atoms with Crippen molar-refractivity contribution in [2.75, 3.05) is 18.5 Å². The lowest BCUT2D eigenvalue weighted by molar-refractivity contribution is -0.122. The van der Waals surface area contributed by atoms with Gasteiger partial charge in [0.25, 0.3) is 0 Å². The first-order valence-corrected chi connectivity index (χ1v) is 10.2. The van der Waals surface area contributed by atoms with E-state index in [2.05, 4.69) is 5.32 Å². The van der Waals surface area contributed by atoms with Crippen molar-refractivity contribution in [2.45, 2.75) is 57.1 Å². The van der Waals surface area contributed by atoms with Gasteiger partial charge in [-0.05, 0) is 62.5 Å². The number of benzene rings is 1. The van der Waals surface area contributed by atoms with Gasteiger partial charge in [-0.2, -0.15) is 0 Å². The Labute approximate surface area is 171 Å². The van der Waals surface area contributed by atoms with Crippen molar-refractivity contribution in [3.05, 3.63) is 24.0 Å². The number of carbonyl (C=O) groups is 1. The van der Waals surface area contributed by atoms with Gasteiger partial charge >= 0.3 is 0 Å². The predicted molar refractivity (Wildman–Crippen MR) is 108 cm³/mol. The fourth-order valence-electron chi connectivity index (χ4n) is 4.92. The molecule has 1 heterocycles. The molecule has 5 nitrogen and oxygen atoms in total. The summed E-state index contributed by atoms with van der Waals surface area (Å²) in [4.78, 5) is 12.9. The van der Waals surface area contributed by atoms with E-state index in [1.807, 2.05) is 0 Å². The van der Waals surface area contributed by atoms with Gasteiger partial charge in [0.15, 0.2) is 0 Å². The SMILES string of the molecule is Cl.NC1C2CCCC1CC(C(=O)Nc1cc(F)ccc1OCC1CCCO1)C2. The lowest BCUT2D eigenvalue weighted by atomic mass is 9.65. The first-order valence-electron chi connectivity index (χ1n) is 10.2. The number of amides is 1. The number of hydrogen-bond acceptors (Lipinski definition) is 4. The number of hydrogen-bond donors (Lipinski definition) is 2. The summed E-state index contributed by atoms with van der Waals surface area (Å²) in [6.07, 6.45) is 7.14. The number of anilines is 1. The summed E-state index contributed by atoms with van der Waals surface area (Å²) in [7, 11) is 0. The normalized spacial score (nSPS) is 31.7. The first kappa shape index (κ1) is 21.3. The van der Waals surface area contributed by atoms with E-state index >= 15 is 0 Å². The van der Waals surface area contributed by atoms with E-state index in [4.69, 9.17) is 15.2 Å². The van der Waals surface area contributed by atoms with Crippen molar-refractivity contribution in [3.63, 3.8) is 0 Å². The Morgan fingerprint density at radius 1 is 1.21 bits per heavy atom. The summed E-state index contributed by atoms with van der Waals surface area (Å²) in [5.41, 5.74) is 6.73. The van der Waals surface area contributed by atoms with Crippen LogP contribution in [0.3, 0.4) is 0 Å². The Balaban J connectivity index is 0.00000225. The van der Waals surface area contributed by atoms with Crippen molar-refractivity contribution in [3.8, 4) is 5.75 Å². The lowest BCUT2D eigenvalue weighted by Gasteiger charge is -2.43. The molecule has 1 aliphatic heterocycles. The number of carbonyl (C=O) groups excluding carboxylic acids is 1. The average Bonchev–Trinajstić information content (AvgIpc) is 3.14. The molecule has 3 unspecified atom stereocenters. The summed E-state index contributed by atoms with van der Waals surface area (Å²) < 4.78 is 25.2. The van der Waals surface area contributed by atoms with Gasteiger partial charge in [0.1, 0.15) is 18.2 Å². The number of nitrogens with two attached hydrogens (primary N) is 1. The van der Waals surface area contributed by atoms with E-state index in [1.165, 1.54) is 18.6 Å². The van der Waals surface area contributed by atoms with Crippen molar-refractivity contribution in [1.82, 2.24) is 0 Å². The standard InChI is InChI=1S/C21H29FN2O3.ClH/c22-16-6-7-19(27-12-17-5-2-8-26-17)18(11-16)24-21(25)15-9-13-3-1-4-14(10-15)20(13)23;/h6-7,11,13-15,17,20H,1-5,8-10,12,23H2,(H,24,25);1H. The third-order valence-electron chi connectivity index (χ3n) is 6.43. The molecule has 0 aromatic heterocycles. The smallest absolute Gasteiger partial charge is 0.227 e. The van der Waals surface area contributed by atoms with Crippen molar-refractivity contribution in [1.29, 1.82) is 0 Å². The molecule has 2 bridgehead atoms. The number of rotatable bonds is 5. The maximum absolute atomic E-state index is 13.8. The lowest BCUT2D eigenvalue weighted by Crippen LogP contribution is -2.48. The minimum absolute atomic E-state index is 0. The van der Waals surface area contributed by atoms with Crippen LogP contribution in [0.4, 0.5) is 10.1 Å². The largest absolute Gasteiger partial charge is 0.489 e. The maximum atomic E-state index is 13.8. The van der Waals surface area contributed by atoms with Crippen LogP contribution >= 0.6 is 12.4 Å². The predicted octanol–water partition coefficient (Wildman–Crippen LogP) is 3.90. The van der Waals surface area contributed by atoms with Gasteiger partial charge in [0.2, 0.25) is 5.91 Å². The highest BCUT2D eigenvalue weighted by atomic mass is 35.5. The van der Waals surface area contributed by atoms with Gasteiger partial charge in [0, 0.05) is 24.6 Å². The summed E-state index contributed by atoms with van der Waals surface area (Å²) in [6, 6.07) is 4.48. The van der Waals surface area contributed by atoms with Crippen LogP contribution in [-0.2, 0) is 9.53 Å². The van der Waals surface area contributed by atoms with Crippen LogP contribution in [0.5, 0.6) is 5.75 Å². The molecule has 1 saturated heterocycles. The number of nitrogens with one attached hydrogen (secondary N) is 1. The van der Waals surface area contributed by atoms with Crippen LogP contribution in [0.2, 0.25) is 0 Å². The number of ether oxygens (including phenoxy) is 2. The van der Waals surface area contributed by atoms with Gasteiger partial charge < -0.3 is 20.5 Å². The topological polar surface area (TPSA) is 73.6 Å². The fraction of sp³-hybridized carbons (Fsp3) is 0.667. The third-order valence-corrected chi connectivity index (χ3v) is 6.43. The molecule has 1 aromatic rings. The van der Waals surface area contributed by atoms with Gasteiger partial charge in [-0.15, -0.1) is 12.4 Å². The van der Waals surface area contributed by atoms with Gasteiger partial charge in [-0.25, -0.2) is 4.39 Å². The Bertz CT molecular complexity index is 670. The van der Waals surface area contributed by atoms with E-state index in [1.54, 1.807) is 6.07 Å². The third kappa shape index (κ3) is 4.78. The zero-order valence-corrected chi connectivity index (χ0v) is 16.9. The monoisotopic (exact) mass is 412 g/mol. The molecule has 2 saturated carbocycles. The summed E-state index contributed by atoms with van der Waals surface area (Å²) in [6.45, 7) is 1.17. The Morgan fingerprint density at radius 3 is 2.64 bits per heavy atom. The van der Waals surface area contributed by atoms with Crippen LogP contribution in [0, 0.1) is 23.6 Å². The molecule has 3 fully saturated rings. The zero-order chi connectivity index (χ0) is 18.8. The zero-order valence-electron chi connectivity index (χ0n) is 16.1. The molecule has 1 aromatic carbocycles. The first-order chi connectivity index (χ1) is 13.1. The molecule has 0 radical (unpaired) electrons. The quantitative estimate of drug-likeness (QED) is 0.769. The molecule has 2 aliphatic carbocycles. The number of halogens is 2. The van der Waals surface area contributed by atoms with Crippen LogP contribution < -0.4 is 15.8 Å². The second-order valence-electron chi connectivity index (χ2n) is 8.27. The van der Waals surface area contributed by atoms with Gasteiger partial charge in [0.05, 0.1) is 11.8 Å². The summed E-state index contributed by atoms with van der Waals surface area (Å²) >= 11 is 0. The Kier molecular flexibility index (Phi) is 7.18. The fourth-order valence-corrected chi connectivity index (χ4v) is 4.92. The van der Waals surface area contributed by atoms with Gasteiger partial charge in [-0.1, -0.05) is 6.42 Å². The highest BCUT2D eigenvalue weighted by molar-refractivity contribution is 5.94. The molecule has 1 amide bonds. The Morgan fingerprint density at radius 2 is 1.96 bits per heavy atom. The molecule has 3 atom stereocenters.